The molecule has 29 heavy (non-hydrogen) atoms. The van der Waals surface area contributed by atoms with Crippen LogP contribution in [-0.4, -0.2) is 21.0 Å². The van der Waals surface area contributed by atoms with E-state index >= 15 is 0 Å². The number of nitrogens with zero attached hydrogens (tertiary/aromatic N) is 2. The highest BCUT2D eigenvalue weighted by Gasteiger charge is 2.13. The maximum atomic E-state index is 13.4. The van der Waals surface area contributed by atoms with Gasteiger partial charge in [-0.2, -0.15) is 5.26 Å². The molecule has 0 spiro atoms. The molecule has 0 saturated heterocycles. The number of allylic oxidation sites excluding steroid dienone is 1. The van der Waals surface area contributed by atoms with Crippen LogP contribution in [0.4, 0.5) is 4.39 Å². The minimum absolute atomic E-state index is 0.00446. The van der Waals surface area contributed by atoms with Gasteiger partial charge in [-0.1, -0.05) is 17.7 Å². The molecule has 0 bridgehead atoms. The first-order valence-corrected chi connectivity index (χ1v) is 8.73. The zero-order chi connectivity index (χ0) is 20.5. The molecule has 2 heterocycles. The first-order valence-electron chi connectivity index (χ1n) is 8.35. The lowest BCUT2D eigenvalue weighted by molar-refractivity contribution is 0.0697. The fourth-order valence-electron chi connectivity index (χ4n) is 2.83. The molecule has 2 aromatic carbocycles. The van der Waals surface area contributed by atoms with Crippen molar-refractivity contribution >= 4 is 40.3 Å². The number of nitrogens with one attached hydrogen (secondary N) is 1. The highest BCUT2D eigenvalue weighted by atomic mass is 35.5. The lowest BCUT2D eigenvalue weighted by Crippen LogP contribution is -1.96. The lowest BCUT2D eigenvalue weighted by atomic mass is 10.1. The Bertz CT molecular complexity index is 1330. The summed E-state index contributed by atoms with van der Waals surface area (Å²) in [5, 5.41) is 18.6. The molecule has 6 nitrogen and oxygen atoms in total. The number of carboxylic acids is 1. The summed E-state index contributed by atoms with van der Waals surface area (Å²) in [6.45, 7) is 0. The predicted molar refractivity (Wildman–Crippen MR) is 106 cm³/mol. The summed E-state index contributed by atoms with van der Waals surface area (Å²) >= 11 is 6.00. The number of rotatable bonds is 4. The van der Waals surface area contributed by atoms with Crippen LogP contribution in [-0.2, 0) is 0 Å². The van der Waals surface area contributed by atoms with Crippen molar-refractivity contribution < 1.29 is 18.7 Å². The minimum Gasteiger partial charge on any atom is -0.478 e. The topological polar surface area (TPSA) is 103 Å². The fraction of sp³-hybridized carbons (Fsp3) is 0. The van der Waals surface area contributed by atoms with Gasteiger partial charge >= 0.3 is 5.97 Å². The third-order valence-electron chi connectivity index (χ3n) is 4.22. The standard InChI is InChI=1S/C21H11ClFN3O3/c22-16-8-11(1-4-15(16)21(27)28)19-6-3-14(29-19)7-12(10-24)20-25-17-5-2-13(23)9-18(17)26-20/h1-9H,(H,25,26)(H,27,28)/b12-7-. The Labute approximate surface area is 168 Å². The van der Waals surface area contributed by atoms with E-state index in [2.05, 4.69) is 9.97 Å². The van der Waals surface area contributed by atoms with E-state index in [0.29, 0.717) is 33.9 Å². The van der Waals surface area contributed by atoms with Gasteiger partial charge < -0.3 is 14.5 Å². The van der Waals surface area contributed by atoms with Crippen molar-refractivity contribution in [2.24, 2.45) is 0 Å². The second kappa shape index (κ2) is 7.26. The number of H-pyrrole nitrogens is 1. The van der Waals surface area contributed by atoms with E-state index in [1.807, 2.05) is 6.07 Å². The third-order valence-corrected chi connectivity index (χ3v) is 4.53. The SMILES string of the molecule is N#C/C(=C/c1ccc(-c2ccc(C(=O)O)c(Cl)c2)o1)c1nc2ccc(F)cc2[nH]1. The maximum absolute atomic E-state index is 13.4. The number of halogens is 2. The van der Waals surface area contributed by atoms with Gasteiger partial charge in [0.05, 0.1) is 27.2 Å². The molecule has 0 aliphatic carbocycles. The van der Waals surface area contributed by atoms with E-state index in [1.54, 1.807) is 18.2 Å². The highest BCUT2D eigenvalue weighted by molar-refractivity contribution is 6.33. The van der Waals surface area contributed by atoms with Crippen LogP contribution in [0.3, 0.4) is 0 Å². The smallest absolute Gasteiger partial charge is 0.337 e. The van der Waals surface area contributed by atoms with Crippen LogP contribution < -0.4 is 0 Å². The summed E-state index contributed by atoms with van der Waals surface area (Å²) in [5.41, 5.74) is 1.82. The quantitative estimate of drug-likeness (QED) is 0.442. The number of aromatic amines is 1. The number of carboxylic acid groups (broad SMARTS) is 1. The zero-order valence-electron chi connectivity index (χ0n) is 14.6. The number of nitriles is 1. The van der Waals surface area contributed by atoms with Crippen molar-refractivity contribution in [2.75, 3.05) is 0 Å². The van der Waals surface area contributed by atoms with Crippen molar-refractivity contribution in [2.45, 2.75) is 0 Å². The highest BCUT2D eigenvalue weighted by Crippen LogP contribution is 2.29. The fourth-order valence-corrected chi connectivity index (χ4v) is 3.09. The van der Waals surface area contributed by atoms with Crippen molar-refractivity contribution in [3.05, 3.63) is 76.5 Å². The van der Waals surface area contributed by atoms with Gasteiger partial charge in [0.1, 0.15) is 29.2 Å². The number of hydrogen-bond acceptors (Lipinski definition) is 4. The van der Waals surface area contributed by atoms with Gasteiger partial charge in [0, 0.05) is 11.6 Å². The van der Waals surface area contributed by atoms with Gasteiger partial charge in [0.2, 0.25) is 0 Å². The second-order valence-corrected chi connectivity index (χ2v) is 6.53. The van der Waals surface area contributed by atoms with Crippen LogP contribution in [0.25, 0.3) is 34.0 Å². The molecule has 0 amide bonds. The molecule has 0 radical (unpaired) electrons. The Morgan fingerprint density at radius 2 is 2.07 bits per heavy atom. The van der Waals surface area contributed by atoms with Gasteiger partial charge in [0.25, 0.3) is 0 Å². The van der Waals surface area contributed by atoms with Crippen molar-refractivity contribution in [3.8, 4) is 17.4 Å². The summed E-state index contributed by atoms with van der Waals surface area (Å²) in [7, 11) is 0. The number of benzene rings is 2. The van der Waals surface area contributed by atoms with Gasteiger partial charge in [-0.25, -0.2) is 14.2 Å². The van der Waals surface area contributed by atoms with Gasteiger partial charge in [0.15, 0.2) is 0 Å². The second-order valence-electron chi connectivity index (χ2n) is 6.12. The Hall–Kier alpha value is -3.89. The molecule has 4 aromatic rings. The van der Waals surface area contributed by atoms with E-state index in [-0.39, 0.29) is 16.2 Å². The summed E-state index contributed by atoms with van der Waals surface area (Å²) in [5.74, 6) is -0.381. The molecular formula is C21H11ClFN3O3. The van der Waals surface area contributed by atoms with Crippen LogP contribution in [0.2, 0.25) is 5.02 Å². The molecule has 0 fully saturated rings. The molecule has 0 aliphatic heterocycles. The van der Waals surface area contributed by atoms with E-state index < -0.39 is 11.8 Å². The van der Waals surface area contributed by atoms with Crippen LogP contribution in [0.5, 0.6) is 0 Å². The van der Waals surface area contributed by atoms with Gasteiger partial charge in [-0.05, 0) is 42.5 Å². The van der Waals surface area contributed by atoms with Crippen LogP contribution in [0, 0.1) is 17.1 Å². The lowest BCUT2D eigenvalue weighted by Gasteiger charge is -2.01. The average molecular weight is 408 g/mol. The Morgan fingerprint density at radius 3 is 2.79 bits per heavy atom. The molecule has 0 atom stereocenters. The van der Waals surface area contributed by atoms with Crippen molar-refractivity contribution in [3.63, 3.8) is 0 Å². The van der Waals surface area contributed by atoms with Crippen molar-refractivity contribution in [1.82, 2.24) is 9.97 Å². The predicted octanol–water partition coefficient (Wildman–Crippen LogP) is 5.38. The molecule has 0 unspecified atom stereocenters. The largest absolute Gasteiger partial charge is 0.478 e. The Kier molecular flexibility index (Phi) is 4.63. The van der Waals surface area contributed by atoms with Crippen LogP contribution >= 0.6 is 11.6 Å². The third kappa shape index (κ3) is 3.61. The van der Waals surface area contributed by atoms with E-state index in [1.165, 1.54) is 36.4 Å². The maximum Gasteiger partial charge on any atom is 0.337 e. The zero-order valence-corrected chi connectivity index (χ0v) is 15.4. The monoisotopic (exact) mass is 407 g/mol. The number of aromatic carboxylic acids is 1. The number of carbonyl (C=O) groups is 1. The van der Waals surface area contributed by atoms with Crippen molar-refractivity contribution in [1.29, 1.82) is 5.26 Å². The number of furan rings is 1. The Morgan fingerprint density at radius 1 is 1.24 bits per heavy atom. The minimum atomic E-state index is -1.12. The molecule has 2 N–H and O–H groups in total. The molecule has 0 aliphatic rings. The van der Waals surface area contributed by atoms with E-state index in [4.69, 9.17) is 21.1 Å². The van der Waals surface area contributed by atoms with E-state index in [9.17, 15) is 14.4 Å². The molecule has 142 valence electrons. The summed E-state index contributed by atoms with van der Waals surface area (Å²) in [4.78, 5) is 18.3. The molecule has 8 heteroatoms. The summed E-state index contributed by atoms with van der Waals surface area (Å²) in [6.07, 6.45) is 1.50. The first kappa shape index (κ1) is 18.5. The van der Waals surface area contributed by atoms with Gasteiger partial charge in [-0.15, -0.1) is 0 Å². The number of imidazole rings is 1. The van der Waals surface area contributed by atoms with Gasteiger partial charge in [-0.3, -0.25) is 0 Å². The summed E-state index contributed by atoms with van der Waals surface area (Å²) in [6, 6.07) is 14.0. The first-order chi connectivity index (χ1) is 13.9. The van der Waals surface area contributed by atoms with Crippen LogP contribution in [0.1, 0.15) is 21.9 Å². The molecule has 4 rings (SSSR count). The average Bonchev–Trinajstić information content (AvgIpc) is 3.32. The molecular weight excluding hydrogens is 397 g/mol. The number of fused-ring (bicyclic) bond motifs is 1. The summed E-state index contributed by atoms with van der Waals surface area (Å²) < 4.78 is 19.1. The van der Waals surface area contributed by atoms with E-state index in [0.717, 1.165) is 0 Å². The number of hydrogen-bond donors (Lipinski definition) is 2. The molecule has 2 aromatic heterocycles. The normalized spacial score (nSPS) is 11.6. The Balaban J connectivity index is 1.67. The van der Waals surface area contributed by atoms with Crippen LogP contribution in [0.15, 0.2) is 52.9 Å². The number of aromatic nitrogens is 2. The molecule has 0 saturated carbocycles.